The molecule has 8 heteroatoms. The summed E-state index contributed by atoms with van der Waals surface area (Å²) in [7, 11) is 0. The SMILES string of the molecule is C[C@@H]1CN(C(=O)c2ccc([N+](=O)[O-])cc2)C[C@H](C)N1C(=O)OC(C)(C)C. The molecule has 1 aromatic rings. The Balaban J connectivity index is 2.09. The van der Waals surface area contributed by atoms with Gasteiger partial charge in [-0.05, 0) is 46.8 Å². The lowest BCUT2D eigenvalue weighted by Gasteiger charge is -2.44. The number of nitro groups is 1. The maximum atomic E-state index is 12.7. The van der Waals surface area contributed by atoms with Crippen molar-refractivity contribution in [2.45, 2.75) is 52.3 Å². The van der Waals surface area contributed by atoms with E-state index in [4.69, 9.17) is 4.74 Å². The van der Waals surface area contributed by atoms with Crippen molar-refractivity contribution in [2.75, 3.05) is 13.1 Å². The molecule has 0 bridgehead atoms. The van der Waals surface area contributed by atoms with Crippen LogP contribution in [0, 0.1) is 10.1 Å². The fourth-order valence-electron chi connectivity index (χ4n) is 3.07. The Labute approximate surface area is 152 Å². The zero-order chi connectivity index (χ0) is 19.6. The van der Waals surface area contributed by atoms with Crippen LogP contribution in [0.5, 0.6) is 0 Å². The number of non-ortho nitro benzene ring substituents is 1. The monoisotopic (exact) mass is 363 g/mol. The molecule has 2 amide bonds. The second kappa shape index (κ2) is 7.31. The number of ether oxygens (including phenoxy) is 1. The van der Waals surface area contributed by atoms with Crippen molar-refractivity contribution < 1.29 is 19.2 Å². The molecule has 0 saturated carbocycles. The summed E-state index contributed by atoms with van der Waals surface area (Å²) in [6.07, 6.45) is -0.389. The first-order chi connectivity index (χ1) is 12.0. The van der Waals surface area contributed by atoms with Gasteiger partial charge >= 0.3 is 6.09 Å². The topological polar surface area (TPSA) is 93.0 Å². The van der Waals surface area contributed by atoms with Crippen LogP contribution in [0.2, 0.25) is 0 Å². The van der Waals surface area contributed by atoms with Crippen molar-refractivity contribution in [3.05, 3.63) is 39.9 Å². The second-order valence-electron chi connectivity index (χ2n) is 7.60. The third kappa shape index (κ3) is 4.50. The lowest BCUT2D eigenvalue weighted by molar-refractivity contribution is -0.384. The fraction of sp³-hybridized carbons (Fsp3) is 0.556. The van der Waals surface area contributed by atoms with Crippen LogP contribution in [0.4, 0.5) is 10.5 Å². The summed E-state index contributed by atoms with van der Waals surface area (Å²) in [6, 6.07) is 5.14. The van der Waals surface area contributed by atoms with Crippen LogP contribution >= 0.6 is 0 Å². The second-order valence-corrected chi connectivity index (χ2v) is 7.60. The first kappa shape index (κ1) is 19.7. The van der Waals surface area contributed by atoms with Gasteiger partial charge in [0.1, 0.15) is 5.60 Å². The van der Waals surface area contributed by atoms with Gasteiger partial charge in [0.15, 0.2) is 0 Å². The van der Waals surface area contributed by atoms with Gasteiger partial charge in [0.25, 0.3) is 11.6 Å². The Morgan fingerprint density at radius 2 is 1.62 bits per heavy atom. The number of rotatable bonds is 2. The molecule has 2 atom stereocenters. The molecule has 0 radical (unpaired) electrons. The summed E-state index contributed by atoms with van der Waals surface area (Å²) < 4.78 is 5.45. The predicted octanol–water partition coefficient (Wildman–Crippen LogP) is 3.06. The maximum absolute atomic E-state index is 12.7. The minimum atomic E-state index is -0.581. The average molecular weight is 363 g/mol. The first-order valence-electron chi connectivity index (χ1n) is 8.54. The van der Waals surface area contributed by atoms with Crippen molar-refractivity contribution >= 4 is 17.7 Å². The third-order valence-electron chi connectivity index (χ3n) is 4.14. The molecule has 1 aliphatic rings. The van der Waals surface area contributed by atoms with E-state index in [1.165, 1.54) is 24.3 Å². The molecule has 1 heterocycles. The molecule has 8 nitrogen and oxygen atoms in total. The summed E-state index contributed by atoms with van der Waals surface area (Å²) in [6.45, 7) is 9.93. The van der Waals surface area contributed by atoms with Gasteiger partial charge in [0, 0.05) is 30.8 Å². The molecular weight excluding hydrogens is 338 g/mol. The Kier molecular flexibility index (Phi) is 5.53. The zero-order valence-electron chi connectivity index (χ0n) is 15.8. The Morgan fingerprint density at radius 1 is 1.12 bits per heavy atom. The lowest BCUT2D eigenvalue weighted by atomic mass is 10.1. The highest BCUT2D eigenvalue weighted by Gasteiger charge is 2.37. The molecule has 0 N–H and O–H groups in total. The van der Waals surface area contributed by atoms with Gasteiger partial charge in [-0.25, -0.2) is 4.79 Å². The summed E-state index contributed by atoms with van der Waals surface area (Å²) >= 11 is 0. The van der Waals surface area contributed by atoms with Crippen molar-refractivity contribution in [3.8, 4) is 0 Å². The molecular formula is C18H25N3O5. The van der Waals surface area contributed by atoms with Gasteiger partial charge in [0.2, 0.25) is 0 Å². The van der Waals surface area contributed by atoms with Crippen LogP contribution in [0.1, 0.15) is 45.0 Å². The third-order valence-corrected chi connectivity index (χ3v) is 4.14. The molecule has 2 rings (SSSR count). The summed E-state index contributed by atoms with van der Waals surface area (Å²) in [5.41, 5.74) is -0.249. The van der Waals surface area contributed by atoms with E-state index in [1.54, 1.807) is 9.80 Å². The van der Waals surface area contributed by atoms with Crippen molar-refractivity contribution in [1.29, 1.82) is 0 Å². The van der Waals surface area contributed by atoms with Gasteiger partial charge in [0.05, 0.1) is 17.0 Å². The van der Waals surface area contributed by atoms with E-state index < -0.39 is 10.5 Å². The Bertz CT molecular complexity index is 684. The van der Waals surface area contributed by atoms with Crippen LogP contribution in [0.3, 0.4) is 0 Å². The van der Waals surface area contributed by atoms with Crippen LogP contribution in [-0.2, 0) is 4.74 Å². The van der Waals surface area contributed by atoms with Crippen molar-refractivity contribution in [3.63, 3.8) is 0 Å². The number of amides is 2. The minimum absolute atomic E-state index is 0.0574. The van der Waals surface area contributed by atoms with E-state index in [0.717, 1.165) is 0 Å². The highest BCUT2D eigenvalue weighted by Crippen LogP contribution is 2.22. The van der Waals surface area contributed by atoms with Crippen LogP contribution in [-0.4, -0.2) is 57.5 Å². The normalized spacial score (nSPS) is 20.7. The summed E-state index contributed by atoms with van der Waals surface area (Å²) in [5.74, 6) is -0.206. The van der Waals surface area contributed by atoms with Gasteiger partial charge in [-0.2, -0.15) is 0 Å². The molecule has 26 heavy (non-hydrogen) atoms. The number of piperazine rings is 1. The fourth-order valence-corrected chi connectivity index (χ4v) is 3.07. The molecule has 0 aliphatic carbocycles. The average Bonchev–Trinajstić information content (AvgIpc) is 2.51. The van der Waals surface area contributed by atoms with Crippen molar-refractivity contribution in [1.82, 2.24) is 9.80 Å². The molecule has 1 aliphatic heterocycles. The number of carbonyl (C=O) groups is 2. The van der Waals surface area contributed by atoms with Gasteiger partial charge < -0.3 is 9.64 Å². The van der Waals surface area contributed by atoms with Crippen LogP contribution < -0.4 is 0 Å². The molecule has 0 unspecified atom stereocenters. The van der Waals surface area contributed by atoms with E-state index in [0.29, 0.717) is 18.7 Å². The summed E-state index contributed by atoms with van der Waals surface area (Å²) in [5, 5.41) is 10.7. The Morgan fingerprint density at radius 3 is 2.04 bits per heavy atom. The molecule has 142 valence electrons. The summed E-state index contributed by atoms with van der Waals surface area (Å²) in [4.78, 5) is 38.7. The van der Waals surface area contributed by atoms with Gasteiger partial charge in [-0.1, -0.05) is 0 Å². The van der Waals surface area contributed by atoms with Crippen LogP contribution in [0.15, 0.2) is 24.3 Å². The Hall–Kier alpha value is -2.64. The molecule has 0 spiro atoms. The lowest BCUT2D eigenvalue weighted by Crippen LogP contribution is -2.60. The molecule has 1 fully saturated rings. The largest absolute Gasteiger partial charge is 0.444 e. The maximum Gasteiger partial charge on any atom is 0.410 e. The molecule has 0 aromatic heterocycles. The minimum Gasteiger partial charge on any atom is -0.444 e. The van der Waals surface area contributed by atoms with E-state index in [2.05, 4.69) is 0 Å². The molecule has 1 aromatic carbocycles. The predicted molar refractivity (Wildman–Crippen MR) is 96.0 cm³/mol. The standard InChI is InChI=1S/C18H25N3O5/c1-12-10-19(11-13(2)20(12)17(23)26-18(3,4)5)16(22)14-6-8-15(9-7-14)21(24)25/h6-9,12-13H,10-11H2,1-5H3/t12-,13+. The number of hydrogen-bond donors (Lipinski definition) is 0. The van der Waals surface area contributed by atoms with Crippen molar-refractivity contribution in [2.24, 2.45) is 0 Å². The van der Waals surface area contributed by atoms with E-state index in [-0.39, 0.29) is 29.8 Å². The number of nitro benzene ring substituents is 1. The van der Waals surface area contributed by atoms with E-state index in [9.17, 15) is 19.7 Å². The smallest absolute Gasteiger partial charge is 0.410 e. The highest BCUT2D eigenvalue weighted by molar-refractivity contribution is 5.94. The van der Waals surface area contributed by atoms with Gasteiger partial charge in [-0.15, -0.1) is 0 Å². The number of carbonyl (C=O) groups excluding carboxylic acids is 2. The van der Waals surface area contributed by atoms with E-state index >= 15 is 0 Å². The molecule has 1 saturated heterocycles. The number of nitrogens with zero attached hydrogens (tertiary/aromatic N) is 3. The quantitative estimate of drug-likeness (QED) is 0.595. The number of benzene rings is 1. The highest BCUT2D eigenvalue weighted by atomic mass is 16.6. The van der Waals surface area contributed by atoms with Gasteiger partial charge in [-0.3, -0.25) is 19.8 Å². The first-order valence-corrected chi connectivity index (χ1v) is 8.54. The zero-order valence-corrected chi connectivity index (χ0v) is 15.8. The van der Waals surface area contributed by atoms with E-state index in [1.807, 2.05) is 34.6 Å². The van der Waals surface area contributed by atoms with Crippen LogP contribution in [0.25, 0.3) is 0 Å². The number of hydrogen-bond acceptors (Lipinski definition) is 5.